The molecule has 0 aliphatic carbocycles. The van der Waals surface area contributed by atoms with E-state index in [1.165, 1.54) is 4.90 Å². The summed E-state index contributed by atoms with van der Waals surface area (Å²) in [5.41, 5.74) is 6.87. The Bertz CT molecular complexity index is 416. The van der Waals surface area contributed by atoms with Gasteiger partial charge in [0.2, 0.25) is 0 Å². The van der Waals surface area contributed by atoms with E-state index in [1.54, 1.807) is 6.92 Å². The van der Waals surface area contributed by atoms with Crippen molar-refractivity contribution >= 4 is 5.82 Å². The smallest absolute Gasteiger partial charge is 0.383 e. The van der Waals surface area contributed by atoms with Crippen LogP contribution in [0.5, 0.6) is 0 Å². The molecule has 88 valence electrons. The maximum atomic E-state index is 12.2. The van der Waals surface area contributed by atoms with Crippen LogP contribution in [-0.4, -0.2) is 27.6 Å². The number of halogens is 3. The Morgan fingerprint density at radius 1 is 1.31 bits per heavy atom. The summed E-state index contributed by atoms with van der Waals surface area (Å²) < 4.78 is 36.6. The molecule has 0 unspecified atom stereocenters. The van der Waals surface area contributed by atoms with Crippen LogP contribution in [0.1, 0.15) is 17.1 Å². The molecule has 0 amide bonds. The first-order chi connectivity index (χ1) is 7.35. The van der Waals surface area contributed by atoms with E-state index in [9.17, 15) is 13.2 Å². The molecule has 16 heavy (non-hydrogen) atoms. The molecule has 0 saturated carbocycles. The van der Waals surface area contributed by atoms with E-state index in [0.29, 0.717) is 17.1 Å². The van der Waals surface area contributed by atoms with Gasteiger partial charge >= 0.3 is 6.18 Å². The van der Waals surface area contributed by atoms with Gasteiger partial charge in [-0.2, -0.15) is 13.2 Å². The minimum atomic E-state index is -4.20. The number of alkyl halides is 3. The molecule has 0 saturated heterocycles. The standard InChI is InChI=1S/C9H11F3N4/c1-5-14-7-3-16(4-9(10,11)12)2-6(7)8(13)15-5/h2-4H2,1H3,(H2,13,14,15). The lowest BCUT2D eigenvalue weighted by Crippen LogP contribution is -2.30. The van der Waals surface area contributed by atoms with Gasteiger partial charge in [0, 0.05) is 18.7 Å². The highest BCUT2D eigenvalue weighted by molar-refractivity contribution is 5.44. The van der Waals surface area contributed by atoms with Gasteiger partial charge in [-0.05, 0) is 6.92 Å². The third kappa shape index (κ3) is 2.24. The maximum absolute atomic E-state index is 12.2. The Hall–Kier alpha value is -1.37. The van der Waals surface area contributed by atoms with Crippen LogP contribution in [0, 0.1) is 6.92 Å². The van der Waals surface area contributed by atoms with Crippen LogP contribution in [0.4, 0.5) is 19.0 Å². The number of fused-ring (bicyclic) bond motifs is 1. The van der Waals surface area contributed by atoms with Gasteiger partial charge in [0.1, 0.15) is 11.6 Å². The molecule has 7 heteroatoms. The lowest BCUT2D eigenvalue weighted by molar-refractivity contribution is -0.147. The van der Waals surface area contributed by atoms with Crippen molar-refractivity contribution in [2.75, 3.05) is 12.3 Å². The van der Waals surface area contributed by atoms with E-state index in [4.69, 9.17) is 5.73 Å². The van der Waals surface area contributed by atoms with Crippen LogP contribution in [0.15, 0.2) is 0 Å². The fourth-order valence-electron chi connectivity index (χ4n) is 1.84. The van der Waals surface area contributed by atoms with Gasteiger partial charge in [-0.3, -0.25) is 4.90 Å². The summed E-state index contributed by atoms with van der Waals surface area (Å²) in [5.74, 6) is 0.775. The van der Waals surface area contributed by atoms with Crippen molar-refractivity contribution in [1.82, 2.24) is 14.9 Å². The van der Waals surface area contributed by atoms with E-state index in [1.807, 2.05) is 0 Å². The molecular weight excluding hydrogens is 221 g/mol. The molecule has 0 spiro atoms. The Kier molecular flexibility index (Phi) is 2.49. The molecule has 0 aromatic carbocycles. The number of anilines is 1. The van der Waals surface area contributed by atoms with Crippen molar-refractivity contribution < 1.29 is 13.2 Å². The molecule has 1 aromatic heterocycles. The first-order valence-electron chi connectivity index (χ1n) is 4.76. The fourth-order valence-corrected chi connectivity index (χ4v) is 1.84. The number of hydrogen-bond donors (Lipinski definition) is 1. The topological polar surface area (TPSA) is 55.0 Å². The first-order valence-corrected chi connectivity index (χ1v) is 4.76. The Morgan fingerprint density at radius 3 is 2.62 bits per heavy atom. The lowest BCUT2D eigenvalue weighted by atomic mass is 10.2. The minimum Gasteiger partial charge on any atom is -0.383 e. The molecule has 1 aliphatic rings. The van der Waals surface area contributed by atoms with Gasteiger partial charge < -0.3 is 5.73 Å². The van der Waals surface area contributed by atoms with Crippen LogP contribution < -0.4 is 5.73 Å². The van der Waals surface area contributed by atoms with Crippen LogP contribution >= 0.6 is 0 Å². The summed E-state index contributed by atoms with van der Waals surface area (Å²) in [6.07, 6.45) is -4.20. The highest BCUT2D eigenvalue weighted by Crippen LogP contribution is 2.28. The predicted octanol–water partition coefficient (Wildman–Crippen LogP) is 1.25. The fraction of sp³-hybridized carbons (Fsp3) is 0.556. The molecule has 0 bridgehead atoms. The average molecular weight is 232 g/mol. The highest BCUT2D eigenvalue weighted by Gasteiger charge is 2.34. The number of nitrogen functional groups attached to an aromatic ring is 1. The molecule has 2 heterocycles. The second kappa shape index (κ2) is 3.58. The highest BCUT2D eigenvalue weighted by atomic mass is 19.4. The third-order valence-electron chi connectivity index (χ3n) is 2.39. The summed E-state index contributed by atoms with van der Waals surface area (Å²) >= 11 is 0. The summed E-state index contributed by atoms with van der Waals surface area (Å²) in [6.45, 7) is 1.08. The monoisotopic (exact) mass is 232 g/mol. The number of aryl methyl sites for hydroxylation is 1. The van der Waals surface area contributed by atoms with E-state index in [0.717, 1.165) is 0 Å². The third-order valence-corrected chi connectivity index (χ3v) is 2.39. The molecule has 1 aromatic rings. The first kappa shape index (κ1) is 11.1. The van der Waals surface area contributed by atoms with Gasteiger partial charge in [-0.1, -0.05) is 0 Å². The van der Waals surface area contributed by atoms with Crippen LogP contribution in [0.3, 0.4) is 0 Å². The van der Waals surface area contributed by atoms with E-state index < -0.39 is 12.7 Å². The maximum Gasteiger partial charge on any atom is 0.401 e. The zero-order valence-electron chi connectivity index (χ0n) is 8.67. The zero-order chi connectivity index (χ0) is 11.9. The lowest BCUT2D eigenvalue weighted by Gasteiger charge is -2.16. The van der Waals surface area contributed by atoms with E-state index in [2.05, 4.69) is 9.97 Å². The molecule has 4 nitrogen and oxygen atoms in total. The van der Waals surface area contributed by atoms with Gasteiger partial charge in [0.15, 0.2) is 0 Å². The van der Waals surface area contributed by atoms with Crippen molar-refractivity contribution in [3.63, 3.8) is 0 Å². The molecule has 2 N–H and O–H groups in total. The summed E-state index contributed by atoms with van der Waals surface area (Å²) in [7, 11) is 0. The van der Waals surface area contributed by atoms with Crippen LogP contribution in [0.25, 0.3) is 0 Å². The SMILES string of the molecule is Cc1nc(N)c2c(n1)CN(CC(F)(F)F)C2. The molecule has 2 rings (SSSR count). The number of nitrogens with zero attached hydrogens (tertiary/aromatic N) is 3. The number of aromatic nitrogens is 2. The average Bonchev–Trinajstić information content (AvgIpc) is 2.43. The van der Waals surface area contributed by atoms with Crippen molar-refractivity contribution in [3.05, 3.63) is 17.1 Å². The van der Waals surface area contributed by atoms with E-state index >= 15 is 0 Å². The van der Waals surface area contributed by atoms with Crippen molar-refractivity contribution in [2.45, 2.75) is 26.2 Å². The van der Waals surface area contributed by atoms with Crippen LogP contribution in [0.2, 0.25) is 0 Å². The Balaban J connectivity index is 2.18. The Morgan fingerprint density at radius 2 is 2.00 bits per heavy atom. The molecule has 1 aliphatic heterocycles. The largest absolute Gasteiger partial charge is 0.401 e. The second-order valence-corrected chi connectivity index (χ2v) is 3.84. The summed E-state index contributed by atoms with van der Waals surface area (Å²) in [6, 6.07) is 0. The second-order valence-electron chi connectivity index (χ2n) is 3.84. The molecule has 0 radical (unpaired) electrons. The van der Waals surface area contributed by atoms with E-state index in [-0.39, 0.29) is 18.9 Å². The molecular formula is C9H11F3N4. The normalized spacial score (nSPS) is 16.5. The van der Waals surface area contributed by atoms with Crippen LogP contribution in [-0.2, 0) is 13.1 Å². The van der Waals surface area contributed by atoms with Gasteiger partial charge in [0.25, 0.3) is 0 Å². The van der Waals surface area contributed by atoms with Crippen molar-refractivity contribution in [2.24, 2.45) is 0 Å². The van der Waals surface area contributed by atoms with Crippen molar-refractivity contribution in [1.29, 1.82) is 0 Å². The number of rotatable bonds is 1. The number of hydrogen-bond acceptors (Lipinski definition) is 4. The number of nitrogens with two attached hydrogens (primary N) is 1. The van der Waals surface area contributed by atoms with Gasteiger partial charge in [-0.15, -0.1) is 0 Å². The Labute approximate surface area is 90.3 Å². The molecule has 0 fully saturated rings. The summed E-state index contributed by atoms with van der Waals surface area (Å²) in [4.78, 5) is 9.29. The quantitative estimate of drug-likeness (QED) is 0.791. The zero-order valence-corrected chi connectivity index (χ0v) is 8.67. The predicted molar refractivity (Wildman–Crippen MR) is 51.4 cm³/mol. The summed E-state index contributed by atoms with van der Waals surface area (Å²) in [5, 5.41) is 0. The minimum absolute atomic E-state index is 0.168. The molecule has 0 atom stereocenters. The van der Waals surface area contributed by atoms with Gasteiger partial charge in [0.05, 0.1) is 12.2 Å². The van der Waals surface area contributed by atoms with Crippen molar-refractivity contribution in [3.8, 4) is 0 Å². The van der Waals surface area contributed by atoms with Gasteiger partial charge in [-0.25, -0.2) is 9.97 Å².